The van der Waals surface area contributed by atoms with Gasteiger partial charge < -0.3 is 5.73 Å². The number of anilines is 1. The van der Waals surface area contributed by atoms with Gasteiger partial charge in [-0.05, 0) is 17.7 Å². The summed E-state index contributed by atoms with van der Waals surface area (Å²) < 4.78 is 1.67. The largest absolute Gasteiger partial charge is 0.398 e. The number of hydrogen-bond acceptors (Lipinski definition) is 3. The van der Waals surface area contributed by atoms with E-state index in [2.05, 4.69) is 4.98 Å². The van der Waals surface area contributed by atoms with E-state index in [9.17, 15) is 4.79 Å². The van der Waals surface area contributed by atoms with Crippen molar-refractivity contribution in [1.29, 1.82) is 0 Å². The summed E-state index contributed by atoms with van der Waals surface area (Å²) >= 11 is 0. The lowest BCUT2D eigenvalue weighted by Gasteiger charge is -2.12. The van der Waals surface area contributed by atoms with Gasteiger partial charge in [0.15, 0.2) is 0 Å². The van der Waals surface area contributed by atoms with Gasteiger partial charge >= 0.3 is 0 Å². The lowest BCUT2D eigenvalue weighted by atomic mass is 10.1. The minimum Gasteiger partial charge on any atom is -0.398 e. The molecular weight excluding hydrogens is 286 g/mol. The zero-order valence-electron chi connectivity index (χ0n) is 12.4. The smallest absolute Gasteiger partial charge is 0.254 e. The minimum absolute atomic E-state index is 0.137. The van der Waals surface area contributed by atoms with Crippen LogP contribution in [0.25, 0.3) is 21.9 Å². The summed E-state index contributed by atoms with van der Waals surface area (Å²) in [7, 11) is 0. The quantitative estimate of drug-likeness (QED) is 0.578. The Labute approximate surface area is 132 Å². The molecule has 112 valence electrons. The van der Waals surface area contributed by atoms with E-state index in [0.717, 1.165) is 21.9 Å². The van der Waals surface area contributed by atoms with Crippen molar-refractivity contribution in [3.8, 4) is 0 Å². The molecule has 2 heterocycles. The van der Waals surface area contributed by atoms with E-state index in [-0.39, 0.29) is 5.56 Å². The van der Waals surface area contributed by atoms with E-state index in [4.69, 9.17) is 5.73 Å². The predicted octanol–water partition coefficient (Wildman–Crippen LogP) is 3.18. The Hall–Kier alpha value is -3.14. The second kappa shape index (κ2) is 5.25. The molecule has 0 aliphatic rings. The van der Waals surface area contributed by atoms with Crippen LogP contribution < -0.4 is 11.3 Å². The molecule has 2 N–H and O–H groups in total. The maximum atomic E-state index is 12.4. The number of nitrogens with zero attached hydrogens (tertiary/aromatic N) is 2. The van der Waals surface area contributed by atoms with Gasteiger partial charge in [0.1, 0.15) is 5.65 Å². The molecule has 2 aromatic carbocycles. The zero-order valence-corrected chi connectivity index (χ0v) is 12.4. The maximum Gasteiger partial charge on any atom is 0.254 e. The Morgan fingerprint density at radius 3 is 2.52 bits per heavy atom. The number of aromatic nitrogens is 2. The molecule has 0 aliphatic heterocycles. The normalized spacial score (nSPS) is 11.1. The first-order chi connectivity index (χ1) is 11.2. The van der Waals surface area contributed by atoms with Crippen molar-refractivity contribution >= 4 is 27.6 Å². The van der Waals surface area contributed by atoms with Gasteiger partial charge in [0, 0.05) is 22.5 Å². The third-order valence-electron chi connectivity index (χ3n) is 4.00. The van der Waals surface area contributed by atoms with Crippen molar-refractivity contribution in [2.24, 2.45) is 0 Å². The van der Waals surface area contributed by atoms with Crippen LogP contribution in [-0.2, 0) is 6.54 Å². The molecule has 23 heavy (non-hydrogen) atoms. The highest BCUT2D eigenvalue weighted by Gasteiger charge is 2.10. The van der Waals surface area contributed by atoms with Crippen molar-refractivity contribution in [2.75, 3.05) is 5.73 Å². The second-order valence-electron chi connectivity index (χ2n) is 5.56. The fraction of sp³-hybridized carbons (Fsp3) is 0.0526. The van der Waals surface area contributed by atoms with Crippen molar-refractivity contribution in [2.45, 2.75) is 6.54 Å². The Morgan fingerprint density at radius 1 is 0.957 bits per heavy atom. The van der Waals surface area contributed by atoms with Crippen LogP contribution in [0.15, 0.2) is 71.5 Å². The molecule has 0 saturated heterocycles. The molecule has 0 unspecified atom stereocenters. The zero-order chi connectivity index (χ0) is 15.8. The molecule has 0 fully saturated rings. The van der Waals surface area contributed by atoms with E-state index in [1.807, 2.05) is 60.7 Å². The van der Waals surface area contributed by atoms with Crippen LogP contribution in [0.1, 0.15) is 5.56 Å². The Kier molecular flexibility index (Phi) is 3.08. The van der Waals surface area contributed by atoms with Crippen LogP contribution >= 0.6 is 0 Å². The van der Waals surface area contributed by atoms with Crippen LogP contribution in [0, 0.1) is 0 Å². The van der Waals surface area contributed by atoms with E-state index >= 15 is 0 Å². The van der Waals surface area contributed by atoms with Crippen LogP contribution in [0.4, 0.5) is 5.69 Å². The summed E-state index contributed by atoms with van der Waals surface area (Å²) in [6, 6.07) is 21.2. The molecule has 0 radical (unpaired) electrons. The summed E-state index contributed by atoms with van der Waals surface area (Å²) in [6.07, 6.45) is 0. The van der Waals surface area contributed by atoms with Gasteiger partial charge in [-0.25, -0.2) is 4.98 Å². The van der Waals surface area contributed by atoms with Gasteiger partial charge in [0.05, 0.1) is 12.1 Å². The summed E-state index contributed by atoms with van der Waals surface area (Å²) in [4.78, 5) is 17.1. The first kappa shape index (κ1) is 13.5. The second-order valence-corrected chi connectivity index (χ2v) is 5.56. The average molecular weight is 301 g/mol. The Bertz CT molecular complexity index is 1070. The number of para-hydroxylation sites is 1. The van der Waals surface area contributed by atoms with E-state index in [1.165, 1.54) is 6.07 Å². The molecule has 0 saturated carbocycles. The van der Waals surface area contributed by atoms with Crippen LogP contribution in [-0.4, -0.2) is 9.55 Å². The SMILES string of the molecule is Nc1cc(=O)n(Cc2ccccc2)c2nc3ccccc3cc12. The Balaban J connectivity index is 2.02. The first-order valence-corrected chi connectivity index (χ1v) is 7.45. The summed E-state index contributed by atoms with van der Waals surface area (Å²) in [6.45, 7) is 0.474. The maximum absolute atomic E-state index is 12.4. The fourth-order valence-electron chi connectivity index (χ4n) is 2.84. The number of nitrogens with two attached hydrogens (primary N) is 1. The highest BCUT2D eigenvalue weighted by molar-refractivity contribution is 5.97. The van der Waals surface area contributed by atoms with Crippen LogP contribution in [0.5, 0.6) is 0 Å². The predicted molar refractivity (Wildman–Crippen MR) is 93.5 cm³/mol. The van der Waals surface area contributed by atoms with Gasteiger partial charge in [0.25, 0.3) is 5.56 Å². The van der Waals surface area contributed by atoms with E-state index in [0.29, 0.717) is 17.9 Å². The van der Waals surface area contributed by atoms with Gasteiger partial charge in [-0.3, -0.25) is 9.36 Å². The summed E-state index contributed by atoms with van der Waals surface area (Å²) in [5.74, 6) is 0. The molecule has 0 bridgehead atoms. The fourth-order valence-corrected chi connectivity index (χ4v) is 2.84. The summed E-state index contributed by atoms with van der Waals surface area (Å²) in [5.41, 5.74) is 8.91. The number of rotatable bonds is 2. The van der Waals surface area contributed by atoms with Crippen LogP contribution in [0.2, 0.25) is 0 Å². The standard InChI is InChI=1S/C19H15N3O/c20-16-11-18(23)22(12-13-6-2-1-3-7-13)19-15(16)10-14-8-4-5-9-17(14)21-19/h1-11H,12,20H2. The number of benzene rings is 2. The molecule has 4 rings (SSSR count). The summed E-state index contributed by atoms with van der Waals surface area (Å²) in [5, 5.41) is 1.82. The Morgan fingerprint density at radius 2 is 1.70 bits per heavy atom. The lowest BCUT2D eigenvalue weighted by Crippen LogP contribution is -2.22. The van der Waals surface area contributed by atoms with Crippen molar-refractivity contribution < 1.29 is 0 Å². The molecule has 4 nitrogen and oxygen atoms in total. The van der Waals surface area contributed by atoms with Crippen LogP contribution in [0.3, 0.4) is 0 Å². The topological polar surface area (TPSA) is 60.9 Å². The number of hydrogen-bond donors (Lipinski definition) is 1. The molecule has 4 aromatic rings. The lowest BCUT2D eigenvalue weighted by molar-refractivity contribution is 0.786. The molecule has 0 atom stereocenters. The van der Waals surface area contributed by atoms with Gasteiger partial charge in [-0.1, -0.05) is 48.5 Å². The van der Waals surface area contributed by atoms with E-state index in [1.54, 1.807) is 4.57 Å². The highest BCUT2D eigenvalue weighted by atomic mass is 16.1. The van der Waals surface area contributed by atoms with Gasteiger partial charge in [-0.15, -0.1) is 0 Å². The van der Waals surface area contributed by atoms with Crippen molar-refractivity contribution in [3.63, 3.8) is 0 Å². The van der Waals surface area contributed by atoms with Gasteiger partial charge in [0.2, 0.25) is 0 Å². The molecule has 0 aliphatic carbocycles. The molecular formula is C19H15N3O. The van der Waals surface area contributed by atoms with Gasteiger partial charge in [-0.2, -0.15) is 0 Å². The average Bonchev–Trinajstić information content (AvgIpc) is 2.58. The third kappa shape index (κ3) is 2.34. The van der Waals surface area contributed by atoms with E-state index < -0.39 is 0 Å². The third-order valence-corrected chi connectivity index (χ3v) is 4.00. The number of fused-ring (bicyclic) bond motifs is 2. The van der Waals surface area contributed by atoms with Crippen molar-refractivity contribution in [3.05, 3.63) is 82.6 Å². The number of pyridine rings is 2. The molecule has 2 aromatic heterocycles. The minimum atomic E-state index is -0.137. The molecule has 4 heteroatoms. The van der Waals surface area contributed by atoms with Crippen molar-refractivity contribution in [1.82, 2.24) is 9.55 Å². The molecule has 0 spiro atoms. The first-order valence-electron chi connectivity index (χ1n) is 7.45. The number of nitrogen functional groups attached to an aromatic ring is 1. The molecule has 0 amide bonds. The highest BCUT2D eigenvalue weighted by Crippen LogP contribution is 2.23. The monoisotopic (exact) mass is 301 g/mol.